The molecule has 2 aliphatic rings. The SMILES string of the molecule is CCN1CC[C@H](C(=O)NCc2cccnc2N(C)C2CCCCC2)C1. The minimum atomic E-state index is 0.135. The van der Waals surface area contributed by atoms with Crippen molar-refractivity contribution in [3.05, 3.63) is 23.9 Å². The lowest BCUT2D eigenvalue weighted by molar-refractivity contribution is -0.124. The van der Waals surface area contributed by atoms with Gasteiger partial charge < -0.3 is 15.1 Å². The Hall–Kier alpha value is -1.62. The van der Waals surface area contributed by atoms with Gasteiger partial charge in [-0.3, -0.25) is 4.79 Å². The van der Waals surface area contributed by atoms with Crippen LogP contribution < -0.4 is 10.2 Å². The maximum Gasteiger partial charge on any atom is 0.224 e. The van der Waals surface area contributed by atoms with E-state index < -0.39 is 0 Å². The van der Waals surface area contributed by atoms with Gasteiger partial charge in [0.15, 0.2) is 0 Å². The Bertz CT molecular complexity index is 571. The first-order valence-corrected chi connectivity index (χ1v) is 9.85. The number of carbonyl (C=O) groups is 1. The van der Waals surface area contributed by atoms with Crippen LogP contribution in [-0.2, 0) is 11.3 Å². The molecule has 3 rings (SSSR count). The van der Waals surface area contributed by atoms with Gasteiger partial charge >= 0.3 is 0 Å². The fourth-order valence-corrected chi connectivity index (χ4v) is 4.19. The monoisotopic (exact) mass is 344 g/mol. The third-order valence-electron chi connectivity index (χ3n) is 5.87. The molecular weight excluding hydrogens is 312 g/mol. The molecule has 1 aromatic rings. The van der Waals surface area contributed by atoms with E-state index in [4.69, 9.17) is 0 Å². The highest BCUT2D eigenvalue weighted by atomic mass is 16.1. The first-order chi connectivity index (χ1) is 12.2. The summed E-state index contributed by atoms with van der Waals surface area (Å²) in [5.41, 5.74) is 1.12. The maximum absolute atomic E-state index is 12.5. The van der Waals surface area contributed by atoms with Crippen molar-refractivity contribution in [2.75, 3.05) is 31.6 Å². The van der Waals surface area contributed by atoms with E-state index in [1.807, 2.05) is 12.3 Å². The summed E-state index contributed by atoms with van der Waals surface area (Å²) in [5.74, 6) is 1.35. The summed E-state index contributed by atoms with van der Waals surface area (Å²) in [6, 6.07) is 4.63. The Labute approximate surface area is 151 Å². The molecule has 25 heavy (non-hydrogen) atoms. The van der Waals surface area contributed by atoms with E-state index in [9.17, 15) is 4.79 Å². The average molecular weight is 345 g/mol. The molecule has 1 N–H and O–H groups in total. The third-order valence-corrected chi connectivity index (χ3v) is 5.87. The van der Waals surface area contributed by atoms with Gasteiger partial charge in [-0.2, -0.15) is 0 Å². The van der Waals surface area contributed by atoms with Crippen LogP contribution in [-0.4, -0.2) is 48.5 Å². The first kappa shape index (κ1) is 18.2. The molecule has 1 aliphatic carbocycles. The summed E-state index contributed by atoms with van der Waals surface area (Å²) in [5, 5.41) is 3.15. The summed E-state index contributed by atoms with van der Waals surface area (Å²) in [6.45, 7) is 5.69. The predicted molar refractivity (Wildman–Crippen MR) is 102 cm³/mol. The Morgan fingerprint density at radius 3 is 2.84 bits per heavy atom. The number of amides is 1. The normalized spacial score (nSPS) is 22.1. The van der Waals surface area contributed by atoms with Gasteiger partial charge in [0, 0.05) is 37.9 Å². The summed E-state index contributed by atoms with van der Waals surface area (Å²) in [4.78, 5) is 21.8. The van der Waals surface area contributed by atoms with Gasteiger partial charge in [0.1, 0.15) is 5.82 Å². The van der Waals surface area contributed by atoms with Gasteiger partial charge in [-0.1, -0.05) is 32.3 Å². The molecule has 1 aromatic heterocycles. The number of hydrogen-bond donors (Lipinski definition) is 1. The summed E-state index contributed by atoms with van der Waals surface area (Å²) < 4.78 is 0. The molecule has 1 saturated heterocycles. The van der Waals surface area contributed by atoms with Gasteiger partial charge in [0.05, 0.1) is 5.92 Å². The van der Waals surface area contributed by atoms with E-state index in [1.165, 1.54) is 32.1 Å². The second-order valence-corrected chi connectivity index (χ2v) is 7.49. The van der Waals surface area contributed by atoms with Gasteiger partial charge in [0.25, 0.3) is 0 Å². The zero-order chi connectivity index (χ0) is 17.6. The number of aromatic nitrogens is 1. The fraction of sp³-hybridized carbons (Fsp3) is 0.700. The Morgan fingerprint density at radius 1 is 1.32 bits per heavy atom. The van der Waals surface area contributed by atoms with E-state index in [0.717, 1.165) is 37.4 Å². The minimum Gasteiger partial charge on any atom is -0.356 e. The lowest BCUT2D eigenvalue weighted by atomic mass is 9.94. The van der Waals surface area contributed by atoms with Crippen LogP contribution in [0.3, 0.4) is 0 Å². The molecule has 0 spiro atoms. The fourth-order valence-electron chi connectivity index (χ4n) is 4.19. The van der Waals surface area contributed by atoms with Gasteiger partial charge in [-0.25, -0.2) is 4.98 Å². The third kappa shape index (κ3) is 4.51. The molecule has 1 atom stereocenters. The predicted octanol–water partition coefficient (Wildman–Crippen LogP) is 2.81. The molecule has 1 saturated carbocycles. The minimum absolute atomic E-state index is 0.135. The number of likely N-dealkylation sites (tertiary alicyclic amines) is 1. The topological polar surface area (TPSA) is 48.5 Å². The van der Waals surface area contributed by atoms with E-state index >= 15 is 0 Å². The molecule has 2 heterocycles. The van der Waals surface area contributed by atoms with Crippen LogP contribution in [0.2, 0.25) is 0 Å². The number of rotatable bonds is 6. The highest BCUT2D eigenvalue weighted by Crippen LogP contribution is 2.27. The molecule has 0 aromatic carbocycles. The number of nitrogens with one attached hydrogen (secondary N) is 1. The molecule has 0 unspecified atom stereocenters. The smallest absolute Gasteiger partial charge is 0.224 e. The molecule has 0 bridgehead atoms. The number of pyridine rings is 1. The molecule has 5 nitrogen and oxygen atoms in total. The van der Waals surface area contributed by atoms with Crippen molar-refractivity contribution in [1.82, 2.24) is 15.2 Å². The first-order valence-electron chi connectivity index (χ1n) is 9.85. The number of hydrogen-bond acceptors (Lipinski definition) is 4. The van der Waals surface area contributed by atoms with Crippen molar-refractivity contribution in [3.63, 3.8) is 0 Å². The summed E-state index contributed by atoms with van der Waals surface area (Å²) in [6.07, 6.45) is 9.29. The highest BCUT2D eigenvalue weighted by Gasteiger charge is 2.27. The Morgan fingerprint density at radius 2 is 2.12 bits per heavy atom. The van der Waals surface area contributed by atoms with Crippen LogP contribution in [0, 0.1) is 5.92 Å². The second-order valence-electron chi connectivity index (χ2n) is 7.49. The zero-order valence-electron chi connectivity index (χ0n) is 15.7. The van der Waals surface area contributed by atoms with Gasteiger partial charge in [-0.15, -0.1) is 0 Å². The second kappa shape index (κ2) is 8.65. The molecule has 1 aliphatic heterocycles. The highest BCUT2D eigenvalue weighted by molar-refractivity contribution is 5.79. The number of anilines is 1. The van der Waals surface area contributed by atoms with E-state index in [1.54, 1.807) is 0 Å². The largest absolute Gasteiger partial charge is 0.356 e. The van der Waals surface area contributed by atoms with Crippen molar-refractivity contribution in [3.8, 4) is 0 Å². The Balaban J connectivity index is 1.60. The van der Waals surface area contributed by atoms with E-state index in [0.29, 0.717) is 12.6 Å². The molecule has 2 fully saturated rings. The van der Waals surface area contributed by atoms with Gasteiger partial charge in [-0.05, 0) is 38.4 Å². The van der Waals surface area contributed by atoms with Crippen LogP contribution in [0.1, 0.15) is 51.0 Å². The van der Waals surface area contributed by atoms with Crippen LogP contribution in [0.15, 0.2) is 18.3 Å². The number of nitrogens with zero attached hydrogens (tertiary/aromatic N) is 3. The molecule has 1 amide bonds. The summed E-state index contributed by atoms with van der Waals surface area (Å²) in [7, 11) is 2.15. The van der Waals surface area contributed by atoms with E-state index in [2.05, 4.69) is 40.1 Å². The lowest BCUT2D eigenvalue weighted by Crippen LogP contribution is -2.36. The van der Waals surface area contributed by atoms with Crippen LogP contribution in [0.4, 0.5) is 5.82 Å². The summed E-state index contributed by atoms with van der Waals surface area (Å²) >= 11 is 0. The quantitative estimate of drug-likeness (QED) is 0.862. The van der Waals surface area contributed by atoms with Crippen LogP contribution in [0.25, 0.3) is 0 Å². The molecular formula is C20H32N4O. The average Bonchev–Trinajstić information content (AvgIpc) is 3.16. The van der Waals surface area contributed by atoms with Crippen molar-refractivity contribution in [1.29, 1.82) is 0 Å². The Kier molecular flexibility index (Phi) is 6.29. The standard InChI is InChI=1S/C20H32N4O/c1-3-24-13-11-17(15-24)20(25)22-14-16-8-7-12-21-19(16)23(2)18-9-5-4-6-10-18/h7-8,12,17-18H,3-6,9-11,13-15H2,1-2H3,(H,22,25)/t17-/m0/s1. The molecule has 138 valence electrons. The zero-order valence-corrected chi connectivity index (χ0v) is 15.7. The van der Waals surface area contributed by atoms with Crippen molar-refractivity contribution in [2.45, 2.75) is 58.0 Å². The van der Waals surface area contributed by atoms with Crippen LogP contribution >= 0.6 is 0 Å². The van der Waals surface area contributed by atoms with Crippen molar-refractivity contribution >= 4 is 11.7 Å². The molecule has 5 heteroatoms. The van der Waals surface area contributed by atoms with Crippen molar-refractivity contribution < 1.29 is 4.79 Å². The van der Waals surface area contributed by atoms with Crippen molar-refractivity contribution in [2.24, 2.45) is 5.92 Å². The van der Waals surface area contributed by atoms with E-state index in [-0.39, 0.29) is 11.8 Å². The van der Waals surface area contributed by atoms with Gasteiger partial charge in [0.2, 0.25) is 5.91 Å². The lowest BCUT2D eigenvalue weighted by Gasteiger charge is -2.33. The van der Waals surface area contributed by atoms with Crippen LogP contribution in [0.5, 0.6) is 0 Å². The maximum atomic E-state index is 12.5. The number of carbonyl (C=O) groups excluding carboxylic acids is 1. The molecule has 0 radical (unpaired) electrons.